The third-order valence-corrected chi connectivity index (χ3v) is 3.14. The standard InChI is InChI=1S/C16H18FNO3/c1-19-12-7-8-14(20-2)13(9-12)18-10-11-5-4-6-15(21-3)16(11)17/h4-9,18H,10H2,1-3H3. The average Bonchev–Trinajstić information content (AvgIpc) is 2.53. The predicted octanol–water partition coefficient (Wildman–Crippen LogP) is 3.46. The van der Waals surface area contributed by atoms with Crippen molar-refractivity contribution in [2.45, 2.75) is 6.54 Å². The van der Waals surface area contributed by atoms with Crippen molar-refractivity contribution in [3.63, 3.8) is 0 Å². The van der Waals surface area contributed by atoms with Crippen LogP contribution in [-0.4, -0.2) is 21.3 Å². The van der Waals surface area contributed by atoms with Gasteiger partial charge in [-0.2, -0.15) is 0 Å². The zero-order chi connectivity index (χ0) is 15.2. The number of nitrogens with one attached hydrogen (secondary N) is 1. The van der Waals surface area contributed by atoms with Gasteiger partial charge in [0.15, 0.2) is 11.6 Å². The Morgan fingerprint density at radius 2 is 1.71 bits per heavy atom. The first kappa shape index (κ1) is 15.0. The second kappa shape index (κ2) is 6.83. The summed E-state index contributed by atoms with van der Waals surface area (Å²) < 4.78 is 29.5. The van der Waals surface area contributed by atoms with Gasteiger partial charge >= 0.3 is 0 Å². The van der Waals surface area contributed by atoms with E-state index in [0.717, 1.165) is 5.69 Å². The fourth-order valence-electron chi connectivity index (χ4n) is 1.99. The predicted molar refractivity (Wildman–Crippen MR) is 79.8 cm³/mol. The van der Waals surface area contributed by atoms with Crippen molar-refractivity contribution in [2.24, 2.45) is 0 Å². The number of rotatable bonds is 6. The van der Waals surface area contributed by atoms with E-state index in [1.807, 2.05) is 0 Å². The number of ether oxygens (including phenoxy) is 3. The van der Waals surface area contributed by atoms with Crippen LogP contribution < -0.4 is 19.5 Å². The van der Waals surface area contributed by atoms with E-state index in [-0.39, 0.29) is 11.6 Å². The van der Waals surface area contributed by atoms with E-state index in [1.165, 1.54) is 7.11 Å². The maximum Gasteiger partial charge on any atom is 0.170 e. The number of benzene rings is 2. The lowest BCUT2D eigenvalue weighted by molar-refractivity contribution is 0.384. The summed E-state index contributed by atoms with van der Waals surface area (Å²) in [6.45, 7) is 0.312. The number of methoxy groups -OCH3 is 3. The van der Waals surface area contributed by atoms with Gasteiger partial charge in [-0.15, -0.1) is 0 Å². The Bertz CT molecular complexity index is 616. The first-order chi connectivity index (χ1) is 10.2. The van der Waals surface area contributed by atoms with Crippen molar-refractivity contribution in [1.82, 2.24) is 0 Å². The molecular weight excluding hydrogens is 273 g/mol. The van der Waals surface area contributed by atoms with Crippen LogP contribution in [0.1, 0.15) is 5.56 Å². The maximum absolute atomic E-state index is 14.1. The molecule has 0 amide bonds. The van der Waals surface area contributed by atoms with Gasteiger partial charge in [-0.25, -0.2) is 4.39 Å². The monoisotopic (exact) mass is 291 g/mol. The van der Waals surface area contributed by atoms with Crippen LogP contribution in [0.5, 0.6) is 17.2 Å². The normalized spacial score (nSPS) is 10.1. The molecule has 0 radical (unpaired) electrons. The summed E-state index contributed by atoms with van der Waals surface area (Å²) in [7, 11) is 4.62. The summed E-state index contributed by atoms with van der Waals surface area (Å²) >= 11 is 0. The lowest BCUT2D eigenvalue weighted by Crippen LogP contribution is -2.04. The minimum Gasteiger partial charge on any atom is -0.497 e. The molecule has 1 N–H and O–H groups in total. The molecule has 0 bridgehead atoms. The van der Waals surface area contributed by atoms with Gasteiger partial charge in [0.25, 0.3) is 0 Å². The molecule has 0 aromatic heterocycles. The van der Waals surface area contributed by atoms with Crippen LogP contribution in [0.25, 0.3) is 0 Å². The van der Waals surface area contributed by atoms with Crippen LogP contribution in [0, 0.1) is 5.82 Å². The second-order valence-corrected chi connectivity index (χ2v) is 4.35. The largest absolute Gasteiger partial charge is 0.497 e. The fourth-order valence-corrected chi connectivity index (χ4v) is 1.99. The number of halogens is 1. The molecule has 5 heteroatoms. The number of hydrogen-bond donors (Lipinski definition) is 1. The van der Waals surface area contributed by atoms with Gasteiger partial charge in [-0.05, 0) is 18.2 Å². The molecule has 112 valence electrons. The maximum atomic E-state index is 14.1. The SMILES string of the molecule is COc1ccc(OC)c(NCc2cccc(OC)c2F)c1. The molecule has 0 unspecified atom stereocenters. The van der Waals surface area contributed by atoms with Gasteiger partial charge in [-0.3, -0.25) is 0 Å². The van der Waals surface area contributed by atoms with Crippen LogP contribution >= 0.6 is 0 Å². The summed E-state index contributed by atoms with van der Waals surface area (Å²) in [4.78, 5) is 0. The van der Waals surface area contributed by atoms with Gasteiger partial charge in [0.2, 0.25) is 0 Å². The highest BCUT2D eigenvalue weighted by Gasteiger charge is 2.10. The molecule has 0 aliphatic rings. The lowest BCUT2D eigenvalue weighted by atomic mass is 10.2. The van der Waals surface area contributed by atoms with E-state index in [9.17, 15) is 4.39 Å². The van der Waals surface area contributed by atoms with Gasteiger partial charge in [0.1, 0.15) is 11.5 Å². The van der Waals surface area contributed by atoms with Crippen molar-refractivity contribution < 1.29 is 18.6 Å². The first-order valence-electron chi connectivity index (χ1n) is 6.47. The molecule has 0 aliphatic carbocycles. The topological polar surface area (TPSA) is 39.7 Å². The molecule has 0 aliphatic heterocycles. The Hall–Kier alpha value is -2.43. The van der Waals surface area contributed by atoms with E-state index in [2.05, 4.69) is 5.32 Å². The van der Waals surface area contributed by atoms with Crippen LogP contribution in [-0.2, 0) is 6.54 Å². The zero-order valence-corrected chi connectivity index (χ0v) is 12.3. The van der Waals surface area contributed by atoms with Crippen molar-refractivity contribution >= 4 is 5.69 Å². The fraction of sp³-hybridized carbons (Fsp3) is 0.250. The Morgan fingerprint density at radius 3 is 2.38 bits per heavy atom. The minimum absolute atomic E-state index is 0.229. The zero-order valence-electron chi connectivity index (χ0n) is 12.3. The summed E-state index contributed by atoms with van der Waals surface area (Å²) in [5.74, 6) is 1.23. The lowest BCUT2D eigenvalue weighted by Gasteiger charge is -2.13. The van der Waals surface area contributed by atoms with E-state index in [0.29, 0.717) is 23.6 Å². The van der Waals surface area contributed by atoms with Crippen molar-refractivity contribution in [3.05, 3.63) is 47.8 Å². The molecule has 0 heterocycles. The first-order valence-corrected chi connectivity index (χ1v) is 6.47. The van der Waals surface area contributed by atoms with E-state index in [1.54, 1.807) is 50.6 Å². The summed E-state index contributed by atoms with van der Waals surface area (Å²) in [5, 5.41) is 3.15. The Balaban J connectivity index is 2.20. The summed E-state index contributed by atoms with van der Waals surface area (Å²) in [5.41, 5.74) is 1.25. The van der Waals surface area contributed by atoms with Gasteiger partial charge in [0, 0.05) is 18.2 Å². The molecule has 4 nitrogen and oxygen atoms in total. The van der Waals surface area contributed by atoms with E-state index >= 15 is 0 Å². The molecule has 0 saturated carbocycles. The smallest absolute Gasteiger partial charge is 0.170 e. The Kier molecular flexibility index (Phi) is 4.87. The number of hydrogen-bond acceptors (Lipinski definition) is 4. The molecule has 0 spiro atoms. The molecule has 21 heavy (non-hydrogen) atoms. The van der Waals surface area contributed by atoms with Gasteiger partial charge < -0.3 is 19.5 Å². The molecule has 0 saturated heterocycles. The summed E-state index contributed by atoms with van der Waals surface area (Å²) in [6, 6.07) is 10.4. The van der Waals surface area contributed by atoms with Crippen LogP contribution in [0.3, 0.4) is 0 Å². The Labute approximate surface area is 123 Å². The highest BCUT2D eigenvalue weighted by molar-refractivity contribution is 5.60. The van der Waals surface area contributed by atoms with Crippen molar-refractivity contribution in [2.75, 3.05) is 26.6 Å². The van der Waals surface area contributed by atoms with Crippen molar-refractivity contribution in [3.8, 4) is 17.2 Å². The molecular formula is C16H18FNO3. The van der Waals surface area contributed by atoms with Gasteiger partial charge in [0.05, 0.1) is 27.0 Å². The van der Waals surface area contributed by atoms with Crippen LogP contribution in [0.4, 0.5) is 10.1 Å². The molecule has 2 aromatic rings. The number of anilines is 1. The Morgan fingerprint density at radius 1 is 0.952 bits per heavy atom. The highest BCUT2D eigenvalue weighted by atomic mass is 19.1. The quantitative estimate of drug-likeness (QED) is 0.884. The molecule has 0 atom stereocenters. The third-order valence-electron chi connectivity index (χ3n) is 3.14. The molecule has 2 aromatic carbocycles. The van der Waals surface area contributed by atoms with Crippen molar-refractivity contribution in [1.29, 1.82) is 0 Å². The van der Waals surface area contributed by atoms with Crippen LogP contribution in [0.2, 0.25) is 0 Å². The third kappa shape index (κ3) is 3.37. The minimum atomic E-state index is -0.366. The average molecular weight is 291 g/mol. The molecule has 0 fully saturated rings. The molecule has 2 rings (SSSR count). The van der Waals surface area contributed by atoms with E-state index < -0.39 is 0 Å². The summed E-state index contributed by atoms with van der Waals surface area (Å²) in [6.07, 6.45) is 0. The highest BCUT2D eigenvalue weighted by Crippen LogP contribution is 2.30. The van der Waals surface area contributed by atoms with E-state index in [4.69, 9.17) is 14.2 Å². The van der Waals surface area contributed by atoms with Crippen LogP contribution in [0.15, 0.2) is 36.4 Å². The van der Waals surface area contributed by atoms with Gasteiger partial charge in [-0.1, -0.05) is 12.1 Å². The second-order valence-electron chi connectivity index (χ2n) is 4.35.